The maximum absolute atomic E-state index is 13.5. The first-order valence-electron chi connectivity index (χ1n) is 10.3. The number of rotatable bonds is 7. The monoisotopic (exact) mass is 461 g/mol. The molecule has 1 fully saturated rings. The van der Waals surface area contributed by atoms with Crippen LogP contribution in [0.1, 0.15) is 22.3 Å². The lowest BCUT2D eigenvalue weighted by Gasteiger charge is -2.27. The zero-order valence-electron chi connectivity index (χ0n) is 17.9. The average Bonchev–Trinajstić information content (AvgIpc) is 3.22. The van der Waals surface area contributed by atoms with Crippen LogP contribution in [0.25, 0.3) is 10.2 Å². The quantitative estimate of drug-likeness (QED) is 0.521. The van der Waals surface area contributed by atoms with E-state index in [1.54, 1.807) is 24.5 Å². The van der Waals surface area contributed by atoms with Crippen LogP contribution in [-0.2, 0) is 4.74 Å². The highest BCUT2D eigenvalue weighted by atomic mass is 35.5. The number of nitrogens with zero attached hydrogens (tertiary/aromatic N) is 3. The number of aryl methyl sites for hydroxylation is 1. The van der Waals surface area contributed by atoms with Gasteiger partial charge in [-0.05, 0) is 43.2 Å². The van der Waals surface area contributed by atoms with E-state index in [0.29, 0.717) is 17.9 Å². The van der Waals surface area contributed by atoms with Crippen LogP contribution >= 0.6 is 23.7 Å². The van der Waals surface area contributed by atoms with E-state index >= 15 is 0 Å². The molecule has 0 atom stereocenters. The predicted molar refractivity (Wildman–Crippen MR) is 128 cm³/mol. The molecule has 0 N–H and O–H groups in total. The number of thiazole rings is 1. The molecule has 0 unspecified atom stereocenters. The fraction of sp³-hybridized carbons (Fsp3) is 0.391. The number of carbonyl (C=O) groups is 1. The van der Waals surface area contributed by atoms with Crippen molar-refractivity contribution in [2.24, 2.45) is 0 Å². The standard InChI is InChI=1S/C23H27N3O3S.ClH/c1-17-6-3-9-20-21(17)24-23(30-20)26(11-5-10-25-12-14-29-15-13-25)22(27)18-7-4-8-19(16-18)28-2;/h3-4,6-9,16H,5,10-15H2,1-2H3;1H. The summed E-state index contributed by atoms with van der Waals surface area (Å²) >= 11 is 1.57. The molecule has 0 radical (unpaired) electrons. The highest BCUT2D eigenvalue weighted by molar-refractivity contribution is 7.22. The van der Waals surface area contributed by atoms with Crippen molar-refractivity contribution in [3.05, 3.63) is 53.6 Å². The number of ether oxygens (including phenoxy) is 2. The van der Waals surface area contributed by atoms with E-state index in [2.05, 4.69) is 24.0 Å². The first kappa shape index (κ1) is 23.5. The summed E-state index contributed by atoms with van der Waals surface area (Å²) in [4.78, 5) is 22.5. The topological polar surface area (TPSA) is 54.9 Å². The largest absolute Gasteiger partial charge is 0.497 e. The van der Waals surface area contributed by atoms with Crippen LogP contribution in [0.5, 0.6) is 5.75 Å². The molecule has 2 heterocycles. The summed E-state index contributed by atoms with van der Waals surface area (Å²) < 4.78 is 11.8. The maximum Gasteiger partial charge on any atom is 0.260 e. The van der Waals surface area contributed by atoms with E-state index in [1.165, 1.54) is 0 Å². The molecule has 2 aromatic carbocycles. The molecule has 1 aromatic heterocycles. The number of anilines is 1. The fourth-order valence-corrected chi connectivity index (χ4v) is 4.73. The van der Waals surface area contributed by atoms with Crippen LogP contribution in [0.15, 0.2) is 42.5 Å². The Morgan fingerprint density at radius 2 is 2.00 bits per heavy atom. The lowest BCUT2D eigenvalue weighted by atomic mass is 10.2. The molecule has 1 aliphatic rings. The van der Waals surface area contributed by atoms with Gasteiger partial charge < -0.3 is 9.47 Å². The zero-order valence-corrected chi connectivity index (χ0v) is 19.5. The van der Waals surface area contributed by atoms with Gasteiger partial charge >= 0.3 is 0 Å². The SMILES string of the molecule is COc1cccc(C(=O)N(CCCN2CCOCC2)c2nc3c(C)cccc3s2)c1.Cl. The summed E-state index contributed by atoms with van der Waals surface area (Å²) in [6, 6.07) is 13.5. The third-order valence-electron chi connectivity index (χ3n) is 5.36. The molecule has 4 rings (SSSR count). The van der Waals surface area contributed by atoms with Crippen LogP contribution in [0.3, 0.4) is 0 Å². The third kappa shape index (κ3) is 5.54. The first-order chi connectivity index (χ1) is 14.7. The third-order valence-corrected chi connectivity index (χ3v) is 6.41. The van der Waals surface area contributed by atoms with Gasteiger partial charge in [-0.25, -0.2) is 4.98 Å². The fourth-order valence-electron chi connectivity index (χ4n) is 3.66. The number of halogens is 1. The van der Waals surface area contributed by atoms with Crippen molar-refractivity contribution >= 4 is 45.0 Å². The van der Waals surface area contributed by atoms with Gasteiger partial charge in [0.2, 0.25) is 0 Å². The summed E-state index contributed by atoms with van der Waals surface area (Å²) in [5.41, 5.74) is 2.70. The summed E-state index contributed by atoms with van der Waals surface area (Å²) in [5.74, 6) is 0.627. The lowest BCUT2D eigenvalue weighted by Crippen LogP contribution is -2.39. The number of para-hydroxylation sites is 1. The predicted octanol–water partition coefficient (Wildman–Crippen LogP) is 4.40. The van der Waals surface area contributed by atoms with Gasteiger partial charge in [-0.1, -0.05) is 29.5 Å². The molecule has 166 valence electrons. The Labute approximate surface area is 193 Å². The molecule has 1 aliphatic heterocycles. The Balaban J connectivity index is 0.00000272. The minimum Gasteiger partial charge on any atom is -0.497 e. The lowest BCUT2D eigenvalue weighted by molar-refractivity contribution is 0.0376. The summed E-state index contributed by atoms with van der Waals surface area (Å²) in [7, 11) is 1.61. The molecular weight excluding hydrogens is 434 g/mol. The number of aromatic nitrogens is 1. The second kappa shape index (κ2) is 10.9. The van der Waals surface area contributed by atoms with Gasteiger partial charge in [0.15, 0.2) is 5.13 Å². The van der Waals surface area contributed by atoms with E-state index in [9.17, 15) is 4.79 Å². The highest BCUT2D eigenvalue weighted by Crippen LogP contribution is 2.31. The molecule has 0 spiro atoms. The molecule has 0 aliphatic carbocycles. The van der Waals surface area contributed by atoms with Crippen molar-refractivity contribution in [3.8, 4) is 5.75 Å². The minimum atomic E-state index is -0.0485. The summed E-state index contributed by atoms with van der Waals surface area (Å²) in [6.07, 6.45) is 0.880. The van der Waals surface area contributed by atoms with Crippen LogP contribution in [-0.4, -0.2) is 62.3 Å². The number of amides is 1. The van der Waals surface area contributed by atoms with E-state index < -0.39 is 0 Å². The van der Waals surface area contributed by atoms with Crippen molar-refractivity contribution in [2.45, 2.75) is 13.3 Å². The van der Waals surface area contributed by atoms with Gasteiger partial charge in [0, 0.05) is 31.7 Å². The Bertz CT molecular complexity index is 1020. The number of hydrogen-bond donors (Lipinski definition) is 0. The molecule has 0 saturated carbocycles. The highest BCUT2D eigenvalue weighted by Gasteiger charge is 2.22. The maximum atomic E-state index is 13.5. The molecular formula is C23H28ClN3O3S. The zero-order chi connectivity index (χ0) is 20.9. The van der Waals surface area contributed by atoms with Crippen molar-refractivity contribution in [2.75, 3.05) is 51.4 Å². The van der Waals surface area contributed by atoms with Crippen LogP contribution in [0.2, 0.25) is 0 Å². The van der Waals surface area contributed by atoms with E-state index in [1.807, 2.05) is 29.2 Å². The Kier molecular flexibility index (Phi) is 8.26. The summed E-state index contributed by atoms with van der Waals surface area (Å²) in [6.45, 7) is 7.07. The van der Waals surface area contributed by atoms with Gasteiger partial charge in [0.1, 0.15) is 5.75 Å². The number of hydrogen-bond acceptors (Lipinski definition) is 6. The van der Waals surface area contributed by atoms with Crippen molar-refractivity contribution in [1.82, 2.24) is 9.88 Å². The van der Waals surface area contributed by atoms with E-state index in [4.69, 9.17) is 14.5 Å². The molecule has 0 bridgehead atoms. The van der Waals surface area contributed by atoms with Crippen LogP contribution < -0.4 is 9.64 Å². The molecule has 1 amide bonds. The van der Waals surface area contributed by atoms with Gasteiger partial charge in [0.25, 0.3) is 5.91 Å². The average molecular weight is 462 g/mol. The van der Waals surface area contributed by atoms with Gasteiger partial charge in [-0.2, -0.15) is 0 Å². The van der Waals surface area contributed by atoms with Crippen molar-refractivity contribution in [3.63, 3.8) is 0 Å². The van der Waals surface area contributed by atoms with Crippen molar-refractivity contribution in [1.29, 1.82) is 0 Å². The van der Waals surface area contributed by atoms with Crippen LogP contribution in [0.4, 0.5) is 5.13 Å². The number of fused-ring (bicyclic) bond motifs is 1. The minimum absolute atomic E-state index is 0. The second-order valence-electron chi connectivity index (χ2n) is 7.41. The van der Waals surface area contributed by atoms with Gasteiger partial charge in [0.05, 0.1) is 30.5 Å². The Morgan fingerprint density at radius 1 is 1.23 bits per heavy atom. The van der Waals surface area contributed by atoms with E-state index in [0.717, 1.165) is 60.2 Å². The molecule has 6 nitrogen and oxygen atoms in total. The normalized spacial score (nSPS) is 14.3. The molecule has 3 aromatic rings. The van der Waals surface area contributed by atoms with Gasteiger partial charge in [-0.15, -0.1) is 12.4 Å². The summed E-state index contributed by atoms with van der Waals surface area (Å²) in [5, 5.41) is 0.745. The smallest absolute Gasteiger partial charge is 0.260 e. The second-order valence-corrected chi connectivity index (χ2v) is 8.42. The molecule has 1 saturated heterocycles. The number of benzene rings is 2. The van der Waals surface area contributed by atoms with Gasteiger partial charge in [-0.3, -0.25) is 14.6 Å². The first-order valence-corrected chi connectivity index (χ1v) is 11.1. The Hall–Kier alpha value is -2.19. The van der Waals surface area contributed by atoms with Crippen molar-refractivity contribution < 1.29 is 14.3 Å². The van der Waals surface area contributed by atoms with Crippen LogP contribution in [0, 0.1) is 6.92 Å². The number of carbonyl (C=O) groups excluding carboxylic acids is 1. The molecule has 8 heteroatoms. The van der Waals surface area contributed by atoms with E-state index in [-0.39, 0.29) is 18.3 Å². The molecule has 31 heavy (non-hydrogen) atoms. The number of morpholine rings is 1. The Morgan fingerprint density at radius 3 is 2.74 bits per heavy atom. The number of methoxy groups -OCH3 is 1.